The number of carbonyl (C=O) groups is 3. The van der Waals surface area contributed by atoms with Gasteiger partial charge in [-0.1, -0.05) is 27.2 Å². The number of hydrogen-bond donors (Lipinski definition) is 0. The lowest BCUT2D eigenvalue weighted by molar-refractivity contribution is -0.288. The summed E-state index contributed by atoms with van der Waals surface area (Å²) in [4.78, 5) is 46.0. The van der Waals surface area contributed by atoms with Crippen molar-refractivity contribution in [3.05, 3.63) is 0 Å². The fourth-order valence-electron chi connectivity index (χ4n) is 5.71. The number of fused-ring (bicyclic) bond motifs is 2. The Morgan fingerprint density at radius 2 is 1.90 bits per heavy atom. The second-order valence-corrected chi connectivity index (χ2v) is 9.21. The number of esters is 2. The van der Waals surface area contributed by atoms with Gasteiger partial charge in [-0.05, 0) is 31.1 Å². The molecule has 1 amide bonds. The molecular formula is C21H34N2O6. The first-order valence-electron chi connectivity index (χ1n) is 10.5. The van der Waals surface area contributed by atoms with Crippen LogP contribution in [0.2, 0.25) is 0 Å². The van der Waals surface area contributed by atoms with Gasteiger partial charge in [-0.2, -0.15) is 0 Å². The molecule has 2 aliphatic heterocycles. The molecule has 0 unspecified atom stereocenters. The number of amides is 1. The third kappa shape index (κ3) is 3.34. The summed E-state index contributed by atoms with van der Waals surface area (Å²) in [7, 11) is 4.47. The highest BCUT2D eigenvalue weighted by Crippen LogP contribution is 2.55. The van der Waals surface area contributed by atoms with Crippen LogP contribution in [-0.4, -0.2) is 66.4 Å². The van der Waals surface area contributed by atoms with Crippen LogP contribution in [0.1, 0.15) is 59.3 Å². The van der Waals surface area contributed by atoms with Gasteiger partial charge in [0.1, 0.15) is 11.7 Å². The minimum Gasteiger partial charge on any atom is -0.469 e. The van der Waals surface area contributed by atoms with Gasteiger partial charge in [0.05, 0.1) is 14.2 Å². The Hall–Kier alpha value is -1.67. The predicted molar refractivity (Wildman–Crippen MR) is 104 cm³/mol. The molecule has 3 rings (SSSR count). The first-order chi connectivity index (χ1) is 13.6. The Morgan fingerprint density at radius 3 is 2.48 bits per heavy atom. The van der Waals surface area contributed by atoms with Crippen LogP contribution in [0.5, 0.6) is 0 Å². The van der Waals surface area contributed by atoms with Crippen molar-refractivity contribution in [3.63, 3.8) is 0 Å². The average Bonchev–Trinajstić information content (AvgIpc) is 3.17. The number of hydroxylamine groups is 2. The van der Waals surface area contributed by atoms with Crippen LogP contribution in [0, 0.1) is 17.8 Å². The summed E-state index contributed by atoms with van der Waals surface area (Å²) in [6.07, 6.45) is 3.22. The SMILES string of the molecule is COC(=O)CC[C@]1(C(=O)OC)C[C@H]2C(=O)N(C)[C@@]3(C[C@H](C)CC[C@H]3C(C)C)N2O1. The van der Waals surface area contributed by atoms with Crippen molar-refractivity contribution in [1.82, 2.24) is 9.96 Å². The molecule has 8 heteroatoms. The van der Waals surface area contributed by atoms with Crippen molar-refractivity contribution >= 4 is 17.8 Å². The van der Waals surface area contributed by atoms with E-state index in [1.54, 1.807) is 5.06 Å². The predicted octanol–water partition coefficient (Wildman–Crippen LogP) is 2.12. The first-order valence-corrected chi connectivity index (χ1v) is 10.5. The van der Waals surface area contributed by atoms with E-state index in [2.05, 4.69) is 20.8 Å². The van der Waals surface area contributed by atoms with E-state index in [0.29, 0.717) is 11.8 Å². The van der Waals surface area contributed by atoms with E-state index in [4.69, 9.17) is 14.3 Å². The van der Waals surface area contributed by atoms with Gasteiger partial charge in [0.2, 0.25) is 5.91 Å². The molecule has 5 atom stereocenters. The van der Waals surface area contributed by atoms with E-state index in [0.717, 1.165) is 19.3 Å². The Morgan fingerprint density at radius 1 is 1.21 bits per heavy atom. The average molecular weight is 411 g/mol. The lowest BCUT2D eigenvalue weighted by atomic mass is 9.69. The molecule has 2 heterocycles. The van der Waals surface area contributed by atoms with Gasteiger partial charge in [0.15, 0.2) is 5.60 Å². The molecule has 0 N–H and O–H groups in total. The maximum Gasteiger partial charge on any atom is 0.340 e. The number of hydrogen-bond acceptors (Lipinski definition) is 7. The van der Waals surface area contributed by atoms with Crippen LogP contribution in [0.3, 0.4) is 0 Å². The molecule has 0 radical (unpaired) electrons. The lowest BCUT2D eigenvalue weighted by Crippen LogP contribution is -2.62. The molecule has 8 nitrogen and oxygen atoms in total. The largest absolute Gasteiger partial charge is 0.469 e. The van der Waals surface area contributed by atoms with Crippen LogP contribution < -0.4 is 0 Å². The van der Waals surface area contributed by atoms with Gasteiger partial charge < -0.3 is 14.4 Å². The molecule has 0 bridgehead atoms. The highest BCUT2D eigenvalue weighted by atomic mass is 16.7. The van der Waals surface area contributed by atoms with E-state index >= 15 is 0 Å². The minimum absolute atomic E-state index is 0.0210. The van der Waals surface area contributed by atoms with E-state index in [9.17, 15) is 14.4 Å². The van der Waals surface area contributed by atoms with Crippen LogP contribution in [0.15, 0.2) is 0 Å². The monoisotopic (exact) mass is 410 g/mol. The molecule has 2 saturated heterocycles. The molecule has 1 aliphatic carbocycles. The Labute approximate surface area is 172 Å². The summed E-state index contributed by atoms with van der Waals surface area (Å²) >= 11 is 0. The fraction of sp³-hybridized carbons (Fsp3) is 0.857. The summed E-state index contributed by atoms with van der Waals surface area (Å²) in [6.45, 7) is 6.55. The van der Waals surface area contributed by atoms with Gasteiger partial charge in [0.25, 0.3) is 0 Å². The van der Waals surface area contributed by atoms with E-state index in [-0.39, 0.29) is 31.1 Å². The van der Waals surface area contributed by atoms with Crippen molar-refractivity contribution in [2.75, 3.05) is 21.3 Å². The van der Waals surface area contributed by atoms with E-state index < -0.39 is 29.2 Å². The van der Waals surface area contributed by atoms with Crippen LogP contribution >= 0.6 is 0 Å². The molecule has 0 aromatic rings. The molecule has 1 saturated carbocycles. The Bertz CT molecular complexity index is 682. The van der Waals surface area contributed by atoms with Crippen molar-refractivity contribution in [2.45, 2.75) is 76.6 Å². The number of methoxy groups -OCH3 is 2. The third-order valence-electron chi connectivity index (χ3n) is 7.19. The van der Waals surface area contributed by atoms with Gasteiger partial charge in [-0.25, -0.2) is 4.79 Å². The number of carbonyl (C=O) groups excluding carboxylic acids is 3. The quantitative estimate of drug-likeness (QED) is 0.642. The normalized spacial score (nSPS) is 37.3. The fourth-order valence-corrected chi connectivity index (χ4v) is 5.71. The van der Waals surface area contributed by atoms with Gasteiger partial charge in [0, 0.05) is 25.8 Å². The Balaban J connectivity index is 2.00. The second kappa shape index (κ2) is 7.87. The smallest absolute Gasteiger partial charge is 0.340 e. The van der Waals surface area contributed by atoms with Crippen molar-refractivity contribution in [1.29, 1.82) is 0 Å². The van der Waals surface area contributed by atoms with E-state index in [1.807, 2.05) is 11.9 Å². The number of ether oxygens (including phenoxy) is 2. The van der Waals surface area contributed by atoms with Crippen LogP contribution in [0.25, 0.3) is 0 Å². The maximum absolute atomic E-state index is 13.3. The maximum atomic E-state index is 13.3. The molecule has 3 aliphatic rings. The standard InChI is InChI=1S/C21H34N2O6/c1-13(2)15-8-7-14(3)11-21(15)22(4)18(25)16-12-20(19(26)28-6,29-23(16)21)10-9-17(24)27-5/h13-16H,7-12H2,1-6H3/t14-,15+,16+,20-,21+/m1/s1. The number of rotatable bonds is 5. The number of likely N-dealkylation sites (N-methyl/N-ethyl adjacent to an activating group) is 1. The zero-order chi connectivity index (χ0) is 21.6. The second-order valence-electron chi connectivity index (χ2n) is 9.21. The zero-order valence-electron chi connectivity index (χ0n) is 18.4. The van der Waals surface area contributed by atoms with E-state index in [1.165, 1.54) is 14.2 Å². The topological polar surface area (TPSA) is 85.4 Å². The highest BCUT2D eigenvalue weighted by Gasteiger charge is 2.69. The molecule has 3 fully saturated rings. The van der Waals surface area contributed by atoms with Crippen molar-refractivity contribution < 1.29 is 28.7 Å². The molecule has 29 heavy (non-hydrogen) atoms. The highest BCUT2D eigenvalue weighted by molar-refractivity contribution is 5.88. The summed E-state index contributed by atoms with van der Waals surface area (Å²) in [6, 6.07) is -0.553. The lowest BCUT2D eigenvalue weighted by Gasteiger charge is -2.53. The molecule has 1 spiro atoms. The molecule has 164 valence electrons. The molecule has 0 aromatic heterocycles. The van der Waals surface area contributed by atoms with Crippen LogP contribution in [0.4, 0.5) is 0 Å². The third-order valence-corrected chi connectivity index (χ3v) is 7.19. The summed E-state index contributed by atoms with van der Waals surface area (Å²) in [5.41, 5.74) is -1.94. The summed E-state index contributed by atoms with van der Waals surface area (Å²) in [5.74, 6) is 0.00851. The van der Waals surface area contributed by atoms with Crippen molar-refractivity contribution in [2.24, 2.45) is 17.8 Å². The van der Waals surface area contributed by atoms with Gasteiger partial charge in [-0.3, -0.25) is 14.4 Å². The first kappa shape index (κ1) is 22.0. The summed E-state index contributed by atoms with van der Waals surface area (Å²) < 4.78 is 9.77. The minimum atomic E-state index is -1.35. The Kier molecular flexibility index (Phi) is 5.98. The van der Waals surface area contributed by atoms with Gasteiger partial charge >= 0.3 is 11.9 Å². The zero-order valence-corrected chi connectivity index (χ0v) is 18.4. The van der Waals surface area contributed by atoms with Crippen molar-refractivity contribution in [3.8, 4) is 0 Å². The van der Waals surface area contributed by atoms with Crippen LogP contribution in [-0.2, 0) is 28.7 Å². The summed E-state index contributed by atoms with van der Waals surface area (Å²) in [5, 5.41) is 1.80. The number of nitrogens with zero attached hydrogens (tertiary/aromatic N) is 2. The van der Waals surface area contributed by atoms with Gasteiger partial charge in [-0.15, -0.1) is 5.06 Å². The molecule has 0 aromatic carbocycles. The molecular weight excluding hydrogens is 376 g/mol.